The lowest BCUT2D eigenvalue weighted by molar-refractivity contribution is -0.0156. The molecule has 0 radical (unpaired) electrons. The maximum Gasteiger partial charge on any atom is 0.479 e. The molecule has 0 amide bonds. The largest absolute Gasteiger partial charge is 0.479 e. The lowest BCUT2D eigenvalue weighted by Gasteiger charge is -2.18. The van der Waals surface area contributed by atoms with E-state index in [0.717, 1.165) is 0 Å². The molecule has 1 saturated heterocycles. The highest BCUT2D eigenvalue weighted by atomic mass is 31.3. The minimum Gasteiger partial charge on any atom is -0.387 e. The first kappa shape index (κ1) is 20.4. The van der Waals surface area contributed by atoms with Crippen molar-refractivity contribution in [3.63, 3.8) is 0 Å². The van der Waals surface area contributed by atoms with E-state index in [1.165, 1.54) is 12.1 Å². The van der Waals surface area contributed by atoms with Crippen molar-refractivity contribution >= 4 is 21.2 Å². The zero-order valence-electron chi connectivity index (χ0n) is 13.0. The van der Waals surface area contributed by atoms with E-state index in [2.05, 4.69) is 8.83 Å². The van der Waals surface area contributed by atoms with Gasteiger partial charge in [-0.3, -0.25) is 13.9 Å². The van der Waals surface area contributed by atoms with Crippen molar-refractivity contribution in [2.75, 3.05) is 13.3 Å². The van der Waals surface area contributed by atoms with Gasteiger partial charge in [-0.15, -0.1) is 0 Å². The van der Waals surface area contributed by atoms with Crippen LogP contribution in [0.15, 0.2) is 30.3 Å². The SMILES string of the molecule is CP(=O)(O)OP(=O)(O)OCC1OC(C(=O)c2ccccc2)C(O)C1O. The van der Waals surface area contributed by atoms with Crippen LogP contribution in [0.4, 0.5) is 0 Å². The Balaban J connectivity index is 2.01. The van der Waals surface area contributed by atoms with Crippen LogP contribution >= 0.6 is 15.4 Å². The predicted molar refractivity (Wildman–Crippen MR) is 84.1 cm³/mol. The summed E-state index contributed by atoms with van der Waals surface area (Å²) in [6.07, 6.45) is -5.84. The molecule has 0 bridgehead atoms. The molecular formula is C13H18O10P2. The van der Waals surface area contributed by atoms with Crippen LogP contribution in [0, 0.1) is 0 Å². The minimum absolute atomic E-state index is 0.253. The molecule has 140 valence electrons. The number of Topliss-reactive ketones (excluding diaryl/α,β-unsaturated/α-hetero) is 1. The highest BCUT2D eigenvalue weighted by Gasteiger charge is 2.47. The molecule has 1 aliphatic heterocycles. The Morgan fingerprint density at radius 3 is 2.32 bits per heavy atom. The van der Waals surface area contributed by atoms with E-state index in [-0.39, 0.29) is 5.56 Å². The summed E-state index contributed by atoms with van der Waals surface area (Å²) in [6.45, 7) is -0.0525. The maximum absolute atomic E-state index is 12.3. The van der Waals surface area contributed by atoms with Gasteiger partial charge in [-0.1, -0.05) is 30.3 Å². The smallest absolute Gasteiger partial charge is 0.387 e. The number of phosphoric ester groups is 1. The second-order valence-electron chi connectivity index (χ2n) is 5.46. The average Bonchev–Trinajstić information content (AvgIpc) is 2.79. The number of aliphatic hydroxyl groups excluding tert-OH is 2. The van der Waals surface area contributed by atoms with Crippen LogP contribution in [-0.4, -0.2) is 63.5 Å². The molecule has 0 spiro atoms. The summed E-state index contributed by atoms with van der Waals surface area (Å²) < 4.78 is 36.3. The molecular weight excluding hydrogens is 378 g/mol. The Labute approximate surface area is 143 Å². The van der Waals surface area contributed by atoms with Gasteiger partial charge in [0.05, 0.1) is 6.61 Å². The first-order valence-electron chi connectivity index (χ1n) is 7.10. The van der Waals surface area contributed by atoms with E-state index < -0.39 is 52.2 Å². The van der Waals surface area contributed by atoms with E-state index >= 15 is 0 Å². The van der Waals surface area contributed by atoms with Gasteiger partial charge in [-0.25, -0.2) is 8.88 Å². The molecule has 6 atom stereocenters. The number of aliphatic hydroxyl groups is 2. The highest BCUT2D eigenvalue weighted by molar-refractivity contribution is 7.63. The molecule has 6 unspecified atom stereocenters. The van der Waals surface area contributed by atoms with Crippen LogP contribution < -0.4 is 0 Å². The number of carbonyl (C=O) groups excluding carboxylic acids is 1. The monoisotopic (exact) mass is 396 g/mol. The number of rotatable bonds is 7. The molecule has 12 heteroatoms. The number of hydrogen-bond acceptors (Lipinski definition) is 8. The van der Waals surface area contributed by atoms with Gasteiger partial charge in [0.15, 0.2) is 5.78 Å². The van der Waals surface area contributed by atoms with Crippen LogP contribution in [0.25, 0.3) is 0 Å². The molecule has 1 aliphatic rings. The molecule has 10 nitrogen and oxygen atoms in total. The maximum atomic E-state index is 12.3. The Hall–Kier alpha value is -0.930. The van der Waals surface area contributed by atoms with Crippen molar-refractivity contribution in [2.24, 2.45) is 0 Å². The van der Waals surface area contributed by atoms with Crippen LogP contribution in [0.2, 0.25) is 0 Å². The number of carbonyl (C=O) groups is 1. The average molecular weight is 396 g/mol. The van der Waals surface area contributed by atoms with Crippen LogP contribution in [0.5, 0.6) is 0 Å². The van der Waals surface area contributed by atoms with Gasteiger partial charge in [0, 0.05) is 12.2 Å². The van der Waals surface area contributed by atoms with Gasteiger partial charge in [0.2, 0.25) is 0 Å². The quantitative estimate of drug-likeness (QED) is 0.373. The number of hydrogen-bond donors (Lipinski definition) is 4. The standard InChI is InChI=1S/C13H18O10P2/c1-24(17,18)23-25(19,20)21-7-9-11(15)12(16)13(22-9)10(14)8-5-3-2-4-6-8/h2-6,9,11-13,15-16H,7H2,1H3,(H,17,18)(H,19,20). The van der Waals surface area contributed by atoms with Gasteiger partial charge >= 0.3 is 15.4 Å². The zero-order chi connectivity index (χ0) is 18.8. The zero-order valence-corrected chi connectivity index (χ0v) is 14.8. The van der Waals surface area contributed by atoms with Crippen molar-refractivity contribution in [3.8, 4) is 0 Å². The molecule has 0 saturated carbocycles. The molecule has 2 rings (SSSR count). The molecule has 1 fully saturated rings. The normalized spacial score (nSPS) is 31.2. The number of ether oxygens (including phenoxy) is 1. The molecule has 1 heterocycles. The molecule has 1 aromatic carbocycles. The first-order chi connectivity index (χ1) is 11.5. The van der Waals surface area contributed by atoms with Crippen LogP contribution in [-0.2, 0) is 22.7 Å². The van der Waals surface area contributed by atoms with Crippen LogP contribution in [0.3, 0.4) is 0 Å². The van der Waals surface area contributed by atoms with Gasteiger partial charge in [0.1, 0.15) is 24.4 Å². The van der Waals surface area contributed by atoms with E-state index in [1.807, 2.05) is 0 Å². The van der Waals surface area contributed by atoms with Crippen molar-refractivity contribution < 1.29 is 47.5 Å². The minimum atomic E-state index is -4.89. The molecule has 1 aromatic rings. The second-order valence-corrected chi connectivity index (χ2v) is 8.91. The summed E-state index contributed by atoms with van der Waals surface area (Å²) in [6, 6.07) is 7.93. The van der Waals surface area contributed by atoms with Crippen molar-refractivity contribution in [1.29, 1.82) is 0 Å². The Morgan fingerprint density at radius 2 is 1.76 bits per heavy atom. The molecule has 25 heavy (non-hydrogen) atoms. The Morgan fingerprint density at radius 1 is 1.16 bits per heavy atom. The molecule has 0 aliphatic carbocycles. The fraction of sp³-hybridized carbons (Fsp3) is 0.462. The van der Waals surface area contributed by atoms with Crippen molar-refractivity contribution in [1.82, 2.24) is 0 Å². The van der Waals surface area contributed by atoms with Gasteiger partial charge in [-0.05, 0) is 0 Å². The summed E-state index contributed by atoms with van der Waals surface area (Å²) in [4.78, 5) is 30.6. The summed E-state index contributed by atoms with van der Waals surface area (Å²) >= 11 is 0. The summed E-state index contributed by atoms with van der Waals surface area (Å²) in [5, 5.41) is 19.9. The number of ketones is 1. The van der Waals surface area contributed by atoms with E-state index in [4.69, 9.17) is 9.63 Å². The number of benzene rings is 1. The van der Waals surface area contributed by atoms with E-state index in [1.54, 1.807) is 18.2 Å². The first-order valence-corrected chi connectivity index (χ1v) is 10.6. The third-order valence-corrected chi connectivity index (χ3v) is 5.85. The lowest BCUT2D eigenvalue weighted by Crippen LogP contribution is -2.37. The van der Waals surface area contributed by atoms with Crippen molar-refractivity contribution in [2.45, 2.75) is 24.4 Å². The van der Waals surface area contributed by atoms with E-state index in [9.17, 15) is 29.0 Å². The second kappa shape index (κ2) is 7.75. The fourth-order valence-corrected chi connectivity index (χ4v) is 4.31. The third kappa shape index (κ3) is 5.52. The van der Waals surface area contributed by atoms with Gasteiger partial charge in [-0.2, -0.15) is 0 Å². The number of phosphoric acid groups is 1. The molecule has 0 aromatic heterocycles. The highest BCUT2D eigenvalue weighted by Crippen LogP contribution is 2.57. The van der Waals surface area contributed by atoms with Gasteiger partial charge in [0.25, 0.3) is 0 Å². The summed E-state index contributed by atoms with van der Waals surface area (Å²) in [5.74, 6) is -0.577. The predicted octanol–water partition coefficient (Wildman–Crippen LogP) is 0.307. The van der Waals surface area contributed by atoms with Crippen molar-refractivity contribution in [3.05, 3.63) is 35.9 Å². The van der Waals surface area contributed by atoms with Gasteiger partial charge < -0.3 is 24.7 Å². The third-order valence-electron chi connectivity index (χ3n) is 3.34. The van der Waals surface area contributed by atoms with E-state index in [0.29, 0.717) is 6.66 Å². The lowest BCUT2D eigenvalue weighted by atomic mass is 10.0. The molecule has 4 N–H and O–H groups in total. The fourth-order valence-electron chi connectivity index (χ4n) is 2.25. The summed E-state index contributed by atoms with van der Waals surface area (Å²) in [7, 11) is -9.17. The van der Waals surface area contributed by atoms with Crippen LogP contribution in [0.1, 0.15) is 10.4 Å². The summed E-state index contributed by atoms with van der Waals surface area (Å²) in [5.41, 5.74) is 0.253. The Bertz CT molecular complexity index is 702. The topological polar surface area (TPSA) is 160 Å². The Kier molecular flexibility index (Phi) is 6.32.